The molecule has 1 aromatic heterocycles. The molecule has 0 N–H and O–H groups in total. The van der Waals surface area contributed by atoms with Gasteiger partial charge in [0.15, 0.2) is 0 Å². The number of likely N-dealkylation sites (tertiary alicyclic amines) is 1. The number of likely N-dealkylation sites (N-methyl/N-ethyl adjacent to an activating group) is 1. The van der Waals surface area contributed by atoms with Gasteiger partial charge in [-0.15, -0.1) is 0 Å². The van der Waals surface area contributed by atoms with Gasteiger partial charge in [-0.3, -0.25) is 14.5 Å². The Morgan fingerprint density at radius 2 is 1.76 bits per heavy atom. The van der Waals surface area contributed by atoms with E-state index in [-0.39, 0.29) is 35.7 Å². The number of rotatable bonds is 3. The van der Waals surface area contributed by atoms with E-state index >= 15 is 0 Å². The maximum absolute atomic E-state index is 13.9. The van der Waals surface area contributed by atoms with Crippen LogP contribution in [0.2, 0.25) is 0 Å². The first kappa shape index (κ1) is 26.5. The van der Waals surface area contributed by atoms with Crippen molar-refractivity contribution in [3.05, 3.63) is 47.2 Å². The highest BCUT2D eigenvalue weighted by atomic mass is 19.4. The molecule has 3 aliphatic heterocycles. The van der Waals surface area contributed by atoms with Crippen LogP contribution in [0.1, 0.15) is 36.1 Å². The lowest BCUT2D eigenvalue weighted by Crippen LogP contribution is -2.53. The van der Waals surface area contributed by atoms with E-state index in [9.17, 15) is 22.8 Å². The highest BCUT2D eigenvalue weighted by molar-refractivity contribution is 6.10. The van der Waals surface area contributed by atoms with E-state index in [0.29, 0.717) is 12.5 Å². The van der Waals surface area contributed by atoms with Gasteiger partial charge in [0.1, 0.15) is 11.9 Å². The summed E-state index contributed by atoms with van der Waals surface area (Å²) < 4.78 is 40.8. The molecule has 4 heterocycles. The molecule has 10 heteroatoms. The number of halogens is 3. The van der Waals surface area contributed by atoms with Gasteiger partial charge < -0.3 is 14.7 Å². The van der Waals surface area contributed by atoms with Crippen molar-refractivity contribution in [2.75, 3.05) is 55.0 Å². The Morgan fingerprint density at radius 1 is 1.05 bits per heavy atom. The number of amides is 2. The third-order valence-electron chi connectivity index (χ3n) is 8.19. The molecule has 2 fully saturated rings. The Labute approximate surface area is 221 Å². The zero-order chi connectivity index (χ0) is 27.4. The molecule has 204 valence electrons. The molecule has 0 bridgehead atoms. The van der Waals surface area contributed by atoms with Crippen molar-refractivity contribution < 1.29 is 22.8 Å². The van der Waals surface area contributed by atoms with Crippen LogP contribution in [0.15, 0.2) is 30.3 Å². The van der Waals surface area contributed by atoms with E-state index in [1.165, 1.54) is 11.8 Å². The van der Waals surface area contributed by atoms with Crippen LogP contribution in [0, 0.1) is 25.7 Å². The molecule has 3 aliphatic rings. The number of benzene rings is 1. The Hall–Kier alpha value is -3.14. The number of hydrogen-bond donors (Lipinski definition) is 0. The largest absolute Gasteiger partial charge is 0.416 e. The van der Waals surface area contributed by atoms with Crippen LogP contribution in [-0.2, 0) is 15.8 Å². The molecule has 0 saturated carbocycles. The molecule has 2 atom stereocenters. The average molecular weight is 530 g/mol. The van der Waals surface area contributed by atoms with Gasteiger partial charge in [-0.2, -0.15) is 13.2 Å². The Bertz CT molecular complexity index is 1240. The number of carbonyl (C=O) groups is 2. The number of para-hydroxylation sites is 1. The molecular weight excluding hydrogens is 495 g/mol. The van der Waals surface area contributed by atoms with Gasteiger partial charge in [0, 0.05) is 38.2 Å². The van der Waals surface area contributed by atoms with Crippen LogP contribution >= 0.6 is 0 Å². The molecular formula is C28H34F3N5O2. The van der Waals surface area contributed by atoms with Crippen molar-refractivity contribution in [2.24, 2.45) is 11.8 Å². The summed E-state index contributed by atoms with van der Waals surface area (Å²) in [4.78, 5) is 39.0. The van der Waals surface area contributed by atoms with Crippen LogP contribution in [-0.4, -0.2) is 68.0 Å². The molecule has 7 nitrogen and oxygen atoms in total. The first-order valence-corrected chi connectivity index (χ1v) is 13.1. The normalized spacial score (nSPS) is 23.4. The Morgan fingerprint density at radius 3 is 2.45 bits per heavy atom. The highest BCUT2D eigenvalue weighted by Crippen LogP contribution is 2.42. The SMILES string of the molecule is Cc1cc(C(F)(F)F)cc(N2C(=O)C[C@@H]3CN(CC4CCN(C)CC4)c4c(C)cccc4N(C)C(=O)[C@H]32)n1. The fourth-order valence-corrected chi connectivity index (χ4v) is 6.22. The highest BCUT2D eigenvalue weighted by Gasteiger charge is 2.49. The van der Waals surface area contributed by atoms with Crippen molar-refractivity contribution in [3.8, 4) is 0 Å². The van der Waals surface area contributed by atoms with E-state index in [1.807, 2.05) is 25.1 Å². The zero-order valence-corrected chi connectivity index (χ0v) is 22.3. The number of aryl methyl sites for hydroxylation is 2. The first-order chi connectivity index (χ1) is 17.9. The zero-order valence-electron chi connectivity index (χ0n) is 22.3. The summed E-state index contributed by atoms with van der Waals surface area (Å²) in [5.41, 5.74) is 2.04. The minimum Gasteiger partial charge on any atom is -0.369 e. The number of pyridine rings is 1. The van der Waals surface area contributed by atoms with Crippen molar-refractivity contribution >= 4 is 29.0 Å². The Balaban J connectivity index is 1.56. The predicted octanol–water partition coefficient (Wildman–Crippen LogP) is 4.26. The number of aromatic nitrogens is 1. The molecule has 2 saturated heterocycles. The first-order valence-electron chi connectivity index (χ1n) is 13.1. The standard InChI is InChI=1S/C28H34F3N5O2/c1-17-6-5-7-22-25(17)35(15-19-8-10-33(3)11-9-19)16-20-13-24(37)36(26(20)27(38)34(22)4)23-14-21(28(29,30)31)12-18(2)32-23/h5-7,12,14,19-20,26H,8-11,13,15-16H2,1-4H3/t20-,26+/m1/s1. The van der Waals surface area contributed by atoms with Crippen LogP contribution in [0.25, 0.3) is 0 Å². The molecule has 0 aliphatic carbocycles. The van der Waals surface area contributed by atoms with E-state index < -0.39 is 17.8 Å². The number of piperidine rings is 1. The second-order valence-corrected chi connectivity index (χ2v) is 11.0. The summed E-state index contributed by atoms with van der Waals surface area (Å²) >= 11 is 0. The summed E-state index contributed by atoms with van der Waals surface area (Å²) in [6, 6.07) is 6.73. The molecule has 0 unspecified atom stereocenters. The van der Waals surface area contributed by atoms with Gasteiger partial charge >= 0.3 is 6.18 Å². The van der Waals surface area contributed by atoms with E-state index in [1.54, 1.807) is 11.9 Å². The second-order valence-electron chi connectivity index (χ2n) is 11.0. The number of fused-ring (bicyclic) bond motifs is 2. The fraction of sp³-hybridized carbons (Fsp3) is 0.536. The van der Waals surface area contributed by atoms with Crippen LogP contribution in [0.4, 0.5) is 30.4 Å². The summed E-state index contributed by atoms with van der Waals surface area (Å²) in [6.45, 7) is 6.80. The van der Waals surface area contributed by atoms with Crippen molar-refractivity contribution in [1.29, 1.82) is 0 Å². The minimum absolute atomic E-state index is 0.0757. The minimum atomic E-state index is -4.59. The average Bonchev–Trinajstić information content (AvgIpc) is 3.17. The number of carbonyl (C=O) groups excluding carboxylic acids is 2. The van der Waals surface area contributed by atoms with Gasteiger partial charge in [0.05, 0.1) is 16.9 Å². The summed E-state index contributed by atoms with van der Waals surface area (Å²) in [6.07, 6.45) is -2.38. The van der Waals surface area contributed by atoms with Crippen LogP contribution in [0.5, 0.6) is 0 Å². The quantitative estimate of drug-likeness (QED) is 0.595. The molecule has 2 aromatic rings. The summed E-state index contributed by atoms with van der Waals surface area (Å²) in [5.74, 6) is -0.728. The van der Waals surface area contributed by atoms with Gasteiger partial charge in [0.25, 0.3) is 0 Å². The lowest BCUT2D eigenvalue weighted by molar-refractivity contribution is -0.137. The van der Waals surface area contributed by atoms with Crippen LogP contribution in [0.3, 0.4) is 0 Å². The second kappa shape index (κ2) is 9.87. The molecule has 5 rings (SSSR count). The maximum atomic E-state index is 13.9. The lowest BCUT2D eigenvalue weighted by atomic mass is 9.92. The fourth-order valence-electron chi connectivity index (χ4n) is 6.22. The maximum Gasteiger partial charge on any atom is 0.416 e. The van der Waals surface area contributed by atoms with Crippen molar-refractivity contribution in [3.63, 3.8) is 0 Å². The molecule has 2 amide bonds. The number of anilines is 3. The monoisotopic (exact) mass is 529 g/mol. The summed E-state index contributed by atoms with van der Waals surface area (Å²) in [5, 5.41) is 0. The third-order valence-corrected chi connectivity index (χ3v) is 8.19. The van der Waals surface area contributed by atoms with E-state index in [2.05, 4.69) is 21.8 Å². The van der Waals surface area contributed by atoms with Crippen molar-refractivity contribution in [1.82, 2.24) is 9.88 Å². The number of nitrogens with zero attached hydrogens (tertiary/aromatic N) is 5. The van der Waals surface area contributed by atoms with E-state index in [0.717, 1.165) is 61.5 Å². The topological polar surface area (TPSA) is 60.0 Å². The van der Waals surface area contributed by atoms with Gasteiger partial charge in [-0.1, -0.05) is 12.1 Å². The van der Waals surface area contributed by atoms with Gasteiger partial charge in [-0.25, -0.2) is 4.98 Å². The molecule has 1 aromatic carbocycles. The third kappa shape index (κ3) is 4.86. The molecule has 0 radical (unpaired) electrons. The lowest BCUT2D eigenvalue weighted by Gasteiger charge is -2.41. The molecule has 0 spiro atoms. The Kier molecular flexibility index (Phi) is 6.87. The van der Waals surface area contributed by atoms with Gasteiger partial charge in [0.2, 0.25) is 11.8 Å². The number of alkyl halides is 3. The van der Waals surface area contributed by atoms with Crippen molar-refractivity contribution in [2.45, 2.75) is 45.3 Å². The smallest absolute Gasteiger partial charge is 0.369 e. The summed E-state index contributed by atoms with van der Waals surface area (Å²) in [7, 11) is 3.81. The molecule has 38 heavy (non-hydrogen) atoms. The predicted molar refractivity (Wildman–Crippen MR) is 140 cm³/mol. The van der Waals surface area contributed by atoms with E-state index in [4.69, 9.17) is 0 Å². The number of hydrogen-bond acceptors (Lipinski definition) is 5. The van der Waals surface area contributed by atoms with Crippen LogP contribution < -0.4 is 14.7 Å². The van der Waals surface area contributed by atoms with Gasteiger partial charge in [-0.05, 0) is 76.5 Å².